The molecular formula is C48H86O8. The molecule has 4 rings (SSSR count). The molecule has 0 aromatic heterocycles. The lowest BCUT2D eigenvalue weighted by Crippen LogP contribution is -2.51. The fourth-order valence-corrected chi connectivity index (χ4v) is 10.2. The van der Waals surface area contributed by atoms with Crippen LogP contribution in [0.15, 0.2) is 11.6 Å². The van der Waals surface area contributed by atoms with Crippen LogP contribution in [0.5, 0.6) is 0 Å². The van der Waals surface area contributed by atoms with E-state index in [9.17, 15) is 19.5 Å². The van der Waals surface area contributed by atoms with E-state index in [-0.39, 0.29) is 42.1 Å². The molecule has 0 aromatic carbocycles. The topological polar surface area (TPSA) is 130 Å². The van der Waals surface area contributed by atoms with Crippen molar-refractivity contribution in [2.45, 2.75) is 227 Å². The summed E-state index contributed by atoms with van der Waals surface area (Å²) in [6.07, 6.45) is 34.2. The number of hydrogen-bond acceptors (Lipinski definition) is 8. The molecule has 4 aliphatic rings. The molecule has 326 valence electrons. The lowest BCUT2D eigenvalue weighted by atomic mass is 9.47. The molecule has 7 atom stereocenters. The Kier molecular flexibility index (Phi) is 25.7. The van der Waals surface area contributed by atoms with Gasteiger partial charge in [0.05, 0.1) is 19.3 Å². The smallest absolute Gasteiger partial charge is 0.305 e. The lowest BCUT2D eigenvalue weighted by Gasteiger charge is -2.57. The molecule has 0 amide bonds. The van der Waals surface area contributed by atoms with Crippen LogP contribution in [0.2, 0.25) is 0 Å². The summed E-state index contributed by atoms with van der Waals surface area (Å²) < 4.78 is 9.69. The Morgan fingerprint density at radius 2 is 1.29 bits per heavy atom. The normalized spacial score (nSPS) is 26.9. The second-order valence-electron chi connectivity index (χ2n) is 18.2. The summed E-state index contributed by atoms with van der Waals surface area (Å²) in [6, 6.07) is 0. The molecule has 4 aliphatic carbocycles. The first-order chi connectivity index (χ1) is 26.9. The number of aliphatic hydroxyl groups is 3. The van der Waals surface area contributed by atoms with E-state index < -0.39 is 6.10 Å². The molecular weight excluding hydrogens is 705 g/mol. The highest BCUT2D eigenvalue weighted by Crippen LogP contribution is 2.65. The standard InChI is InChI=1S/C19H28O2.C15H30O4.C14H28O2/c1-18-9-7-13(20)11-12(18)3-4-14-15-5-6-17(21)19(15,2)10-8-16(14)18;1-2-3-4-5-6-7-8-9-10-11-15(18)19-13-14(17)12-16;1-3-4-5-6-7-8-9-10-11-12-13-16-14(2)15/h11,14-17,21H,3-10H2,1-2H3;14,16-17H,2-13H2,1H3;3-13H2,1-2H3/t14-,15-,16-,17-,18-,19-;;/m0../s1. The maximum atomic E-state index is 11.8. The van der Waals surface area contributed by atoms with Gasteiger partial charge < -0.3 is 24.8 Å². The third-order valence-electron chi connectivity index (χ3n) is 13.8. The monoisotopic (exact) mass is 791 g/mol. The minimum atomic E-state index is -0.952. The number of hydrogen-bond donors (Lipinski definition) is 3. The molecule has 56 heavy (non-hydrogen) atoms. The number of esters is 2. The second-order valence-corrected chi connectivity index (χ2v) is 18.2. The molecule has 0 bridgehead atoms. The fourth-order valence-electron chi connectivity index (χ4n) is 10.2. The number of aliphatic hydroxyl groups excluding tert-OH is 3. The highest BCUT2D eigenvalue weighted by atomic mass is 16.5. The lowest BCUT2D eigenvalue weighted by molar-refractivity contribution is -0.147. The van der Waals surface area contributed by atoms with Crippen molar-refractivity contribution >= 4 is 17.7 Å². The minimum Gasteiger partial charge on any atom is -0.466 e. The molecule has 0 spiro atoms. The maximum Gasteiger partial charge on any atom is 0.305 e. The second kappa shape index (κ2) is 28.6. The van der Waals surface area contributed by atoms with Crippen molar-refractivity contribution < 1.29 is 39.2 Å². The fraction of sp³-hybridized carbons (Fsp3) is 0.896. The summed E-state index contributed by atoms with van der Waals surface area (Å²) in [6.45, 7) is 10.8. The summed E-state index contributed by atoms with van der Waals surface area (Å²) in [7, 11) is 0. The SMILES string of the molecule is CCCCCCCCCCCC(=O)OCC(O)CO.CCCCCCCCCCCCOC(C)=O.C[C@]12CC[C@H]3[C@@H](CCC4=CC(=O)CC[C@@]43C)[C@@H]1CC[C@@H]2O. The molecule has 0 heterocycles. The van der Waals surface area contributed by atoms with Crippen molar-refractivity contribution in [1.82, 2.24) is 0 Å². The van der Waals surface area contributed by atoms with Crippen LogP contribution >= 0.6 is 0 Å². The van der Waals surface area contributed by atoms with Gasteiger partial charge in [-0.2, -0.15) is 0 Å². The van der Waals surface area contributed by atoms with Crippen LogP contribution in [-0.4, -0.2) is 65.1 Å². The Morgan fingerprint density at radius 1 is 0.732 bits per heavy atom. The Balaban J connectivity index is 0.000000294. The number of ether oxygens (including phenoxy) is 2. The van der Waals surface area contributed by atoms with Crippen LogP contribution in [-0.2, 0) is 23.9 Å². The summed E-state index contributed by atoms with van der Waals surface area (Å²) in [5.74, 6) is 2.14. The molecule has 8 heteroatoms. The number of fused-ring (bicyclic) bond motifs is 5. The first-order valence-corrected chi connectivity index (χ1v) is 23.4. The van der Waals surface area contributed by atoms with Crippen LogP contribution in [0, 0.1) is 28.6 Å². The number of carbonyl (C=O) groups is 3. The largest absolute Gasteiger partial charge is 0.466 e. The zero-order valence-electron chi connectivity index (χ0n) is 36.8. The highest BCUT2D eigenvalue weighted by Gasteiger charge is 2.58. The molecule has 8 nitrogen and oxygen atoms in total. The van der Waals surface area contributed by atoms with Crippen LogP contribution in [0.4, 0.5) is 0 Å². The van der Waals surface area contributed by atoms with E-state index in [4.69, 9.17) is 19.7 Å². The zero-order valence-corrected chi connectivity index (χ0v) is 36.8. The highest BCUT2D eigenvalue weighted by molar-refractivity contribution is 5.91. The van der Waals surface area contributed by atoms with Crippen molar-refractivity contribution in [3.8, 4) is 0 Å². The van der Waals surface area contributed by atoms with Gasteiger partial charge in [-0.25, -0.2) is 0 Å². The van der Waals surface area contributed by atoms with Crippen LogP contribution < -0.4 is 0 Å². The van der Waals surface area contributed by atoms with Crippen molar-refractivity contribution in [2.75, 3.05) is 19.8 Å². The summed E-state index contributed by atoms with van der Waals surface area (Å²) in [5.41, 5.74) is 1.89. The summed E-state index contributed by atoms with van der Waals surface area (Å²) in [5, 5.41) is 28.0. The van der Waals surface area contributed by atoms with Gasteiger partial charge in [0.2, 0.25) is 0 Å². The van der Waals surface area contributed by atoms with Gasteiger partial charge in [-0.05, 0) is 92.4 Å². The Bertz CT molecular complexity index is 1120. The Labute approximate surface area is 342 Å². The van der Waals surface area contributed by atoms with Gasteiger partial charge in [-0.3, -0.25) is 14.4 Å². The number of allylic oxidation sites excluding steroid dienone is 1. The van der Waals surface area contributed by atoms with Crippen molar-refractivity contribution in [2.24, 2.45) is 28.6 Å². The summed E-state index contributed by atoms with van der Waals surface area (Å²) >= 11 is 0. The van der Waals surface area contributed by atoms with Gasteiger partial charge in [0, 0.05) is 19.8 Å². The molecule has 0 radical (unpaired) electrons. The van der Waals surface area contributed by atoms with Gasteiger partial charge in [0.25, 0.3) is 0 Å². The van der Waals surface area contributed by atoms with Gasteiger partial charge in [0.1, 0.15) is 12.7 Å². The average molecular weight is 791 g/mol. The quantitative estimate of drug-likeness (QED) is 0.0651. The van der Waals surface area contributed by atoms with Crippen molar-refractivity contribution in [3.63, 3.8) is 0 Å². The predicted molar refractivity (Wildman–Crippen MR) is 227 cm³/mol. The molecule has 1 unspecified atom stereocenters. The van der Waals surface area contributed by atoms with Crippen molar-refractivity contribution in [1.29, 1.82) is 0 Å². The number of ketones is 1. The van der Waals surface area contributed by atoms with Crippen molar-refractivity contribution in [3.05, 3.63) is 11.6 Å². The molecule has 0 aromatic rings. The molecule has 3 saturated carbocycles. The third-order valence-corrected chi connectivity index (χ3v) is 13.8. The molecule has 0 saturated heterocycles. The first kappa shape index (κ1) is 50.4. The number of rotatable bonds is 24. The van der Waals surface area contributed by atoms with Gasteiger partial charge >= 0.3 is 11.9 Å². The van der Waals surface area contributed by atoms with Gasteiger partial charge in [0.15, 0.2) is 5.78 Å². The third kappa shape index (κ3) is 18.0. The predicted octanol–water partition coefficient (Wildman–Crippen LogP) is 11.2. The van der Waals surface area contributed by atoms with E-state index in [2.05, 4.69) is 27.7 Å². The number of carbonyl (C=O) groups excluding carboxylic acids is 3. The van der Waals surface area contributed by atoms with E-state index in [0.717, 1.165) is 56.8 Å². The Hall–Kier alpha value is -1.77. The van der Waals surface area contributed by atoms with Gasteiger partial charge in [-0.1, -0.05) is 142 Å². The minimum absolute atomic E-state index is 0.0823. The summed E-state index contributed by atoms with van der Waals surface area (Å²) in [4.78, 5) is 33.5. The van der Waals surface area contributed by atoms with Gasteiger partial charge in [-0.15, -0.1) is 0 Å². The first-order valence-electron chi connectivity index (χ1n) is 23.4. The average Bonchev–Trinajstić information content (AvgIpc) is 3.49. The van der Waals surface area contributed by atoms with E-state index in [0.29, 0.717) is 24.7 Å². The van der Waals surface area contributed by atoms with E-state index >= 15 is 0 Å². The van der Waals surface area contributed by atoms with Crippen LogP contribution in [0.25, 0.3) is 0 Å². The Morgan fingerprint density at radius 3 is 1.84 bits per heavy atom. The zero-order chi connectivity index (χ0) is 41.2. The number of unbranched alkanes of at least 4 members (excludes halogenated alkanes) is 17. The molecule has 0 aliphatic heterocycles. The van der Waals surface area contributed by atoms with E-state index in [1.807, 2.05) is 6.08 Å². The van der Waals surface area contributed by atoms with Crippen LogP contribution in [0.3, 0.4) is 0 Å². The maximum absolute atomic E-state index is 11.8. The van der Waals surface area contributed by atoms with E-state index in [1.54, 1.807) is 0 Å². The van der Waals surface area contributed by atoms with E-state index in [1.165, 1.54) is 141 Å². The van der Waals surface area contributed by atoms with Crippen LogP contribution in [0.1, 0.15) is 214 Å². The molecule has 3 fully saturated rings. The molecule has 3 N–H and O–H groups in total.